The first kappa shape index (κ1) is 31.9. The number of amides is 2. The first-order chi connectivity index (χ1) is 20.1. The van der Waals surface area contributed by atoms with Gasteiger partial charge in [0.1, 0.15) is 11.4 Å². The smallest absolute Gasteiger partial charge is 0.316 e. The van der Waals surface area contributed by atoms with E-state index in [4.69, 9.17) is 21.9 Å². The molecule has 3 aromatic rings. The molecule has 0 saturated heterocycles. The van der Waals surface area contributed by atoms with E-state index in [0.29, 0.717) is 10.6 Å². The number of allylic oxidation sites excluding steroid dienone is 1. The summed E-state index contributed by atoms with van der Waals surface area (Å²) in [5.41, 5.74) is 3.34. The minimum Gasteiger partial charge on any atom is -0.382 e. The van der Waals surface area contributed by atoms with E-state index in [-0.39, 0.29) is 17.1 Å². The van der Waals surface area contributed by atoms with Crippen molar-refractivity contribution in [1.82, 2.24) is 15.5 Å². The van der Waals surface area contributed by atoms with E-state index in [0.717, 1.165) is 30.0 Å². The van der Waals surface area contributed by atoms with E-state index < -0.39 is 80.7 Å². The molecule has 2 aromatic carbocycles. The highest BCUT2D eigenvalue weighted by atomic mass is 35.5. The van der Waals surface area contributed by atoms with Crippen molar-refractivity contribution in [1.29, 1.82) is 0 Å². The van der Waals surface area contributed by atoms with Gasteiger partial charge in [-0.2, -0.15) is 4.98 Å². The number of alkyl halides is 2. The normalized spacial score (nSPS) is 20.0. The molecule has 0 saturated carbocycles. The Bertz CT molecular complexity index is 1730. The molecule has 0 bridgehead atoms. The molecular formula is C27H25ClF3N5O6S. The number of carbonyl (C=O) groups excluding carboxylic acids is 3. The van der Waals surface area contributed by atoms with Crippen LogP contribution in [0.4, 0.5) is 18.9 Å². The Morgan fingerprint density at radius 1 is 1.37 bits per heavy atom. The van der Waals surface area contributed by atoms with Crippen LogP contribution in [0.25, 0.3) is 11.4 Å². The summed E-state index contributed by atoms with van der Waals surface area (Å²) < 4.78 is 62.2. The van der Waals surface area contributed by atoms with Crippen LogP contribution in [-0.4, -0.2) is 66.4 Å². The summed E-state index contributed by atoms with van der Waals surface area (Å²) in [6, 6.07) is 6.82. The standard InChI is InChI=1S/C27H25ClF3N5O6S/c1-3-8-27(30,31)26(2,40)13-33-23(38)24-34-22(35-42-24)17-9-20-21(10-18(17)29)43(41,14-37)12-19(32)25(39)36(20)11-15-4-6-16(28)7-5-15/h3-7,9-10,19,40H,1,8,11-13,32H2,2H3,(H,33,38)/t19-,26?,43?/m0/s1. The van der Waals surface area contributed by atoms with Crippen LogP contribution in [0.15, 0.2) is 58.5 Å². The highest BCUT2D eigenvalue weighted by Crippen LogP contribution is 2.37. The fourth-order valence-corrected chi connectivity index (χ4v) is 6.13. The number of benzene rings is 2. The molecule has 16 heteroatoms. The fourth-order valence-electron chi connectivity index (χ4n) is 4.22. The molecule has 43 heavy (non-hydrogen) atoms. The van der Waals surface area contributed by atoms with Crippen LogP contribution in [0.3, 0.4) is 0 Å². The first-order valence-corrected chi connectivity index (χ1v) is 14.6. The highest BCUT2D eigenvalue weighted by molar-refractivity contribution is 8.00. The molecule has 228 valence electrons. The number of aromatic nitrogens is 2. The van der Waals surface area contributed by atoms with Crippen molar-refractivity contribution < 1.29 is 41.4 Å². The minimum atomic E-state index is -3.78. The number of nitrogens with zero attached hydrogens (tertiary/aromatic N) is 3. The number of halogens is 4. The van der Waals surface area contributed by atoms with E-state index in [1.807, 2.05) is 0 Å². The van der Waals surface area contributed by atoms with Crippen LogP contribution in [0.5, 0.6) is 0 Å². The second-order valence-corrected chi connectivity index (χ2v) is 12.7. The number of nitrogens with one attached hydrogen (secondary N) is 1. The monoisotopic (exact) mass is 639 g/mol. The summed E-state index contributed by atoms with van der Waals surface area (Å²) in [6.07, 6.45) is 0.0634. The summed E-state index contributed by atoms with van der Waals surface area (Å²) >= 11 is 5.95. The highest BCUT2D eigenvalue weighted by Gasteiger charge is 2.48. The Labute approximate surface area is 248 Å². The van der Waals surface area contributed by atoms with Gasteiger partial charge in [-0.15, -0.1) is 6.58 Å². The molecular weight excluding hydrogens is 615 g/mol. The molecule has 1 aliphatic heterocycles. The number of fused-ring (bicyclic) bond motifs is 1. The lowest BCUT2D eigenvalue weighted by Gasteiger charge is -2.31. The topological polar surface area (TPSA) is 169 Å². The molecule has 4 N–H and O–H groups in total. The van der Waals surface area contributed by atoms with Gasteiger partial charge in [-0.3, -0.25) is 13.8 Å². The van der Waals surface area contributed by atoms with E-state index >= 15 is 4.39 Å². The third-order valence-electron chi connectivity index (χ3n) is 6.72. The zero-order valence-electron chi connectivity index (χ0n) is 22.5. The fraction of sp³-hybridized carbons (Fsp3) is 0.296. The van der Waals surface area contributed by atoms with Crippen molar-refractivity contribution in [2.24, 2.45) is 5.73 Å². The molecule has 0 spiro atoms. The van der Waals surface area contributed by atoms with Crippen molar-refractivity contribution >= 4 is 43.9 Å². The van der Waals surface area contributed by atoms with E-state index in [1.54, 1.807) is 24.3 Å². The number of hydrogen-bond acceptors (Lipinski definition) is 9. The number of aliphatic hydroxyl groups is 1. The van der Waals surface area contributed by atoms with Gasteiger partial charge in [-0.05, 0) is 36.8 Å². The Hall–Kier alpha value is -4.01. The summed E-state index contributed by atoms with van der Waals surface area (Å²) in [4.78, 5) is 42.3. The Morgan fingerprint density at radius 3 is 2.67 bits per heavy atom. The first-order valence-electron chi connectivity index (χ1n) is 12.5. The van der Waals surface area contributed by atoms with Crippen molar-refractivity contribution in [3.63, 3.8) is 0 Å². The molecule has 0 fully saturated rings. The van der Waals surface area contributed by atoms with Crippen molar-refractivity contribution in [3.8, 4) is 11.4 Å². The largest absolute Gasteiger partial charge is 0.382 e. The quantitative estimate of drug-likeness (QED) is 0.235. The Kier molecular flexibility index (Phi) is 8.86. The lowest BCUT2D eigenvalue weighted by molar-refractivity contribution is -0.165. The summed E-state index contributed by atoms with van der Waals surface area (Å²) in [5, 5.41) is 17.6. The third-order valence-corrected chi connectivity index (χ3v) is 9.11. The number of nitrogens with two attached hydrogens (primary N) is 1. The Balaban J connectivity index is 1.72. The van der Waals surface area contributed by atoms with Gasteiger partial charge in [0.05, 0.1) is 50.6 Å². The van der Waals surface area contributed by atoms with Crippen LogP contribution in [-0.2, 0) is 25.7 Å². The minimum absolute atomic E-state index is 0.132. The van der Waals surface area contributed by atoms with Gasteiger partial charge in [0.2, 0.25) is 11.7 Å². The van der Waals surface area contributed by atoms with Gasteiger partial charge < -0.3 is 25.6 Å². The van der Waals surface area contributed by atoms with Crippen LogP contribution < -0.4 is 16.0 Å². The summed E-state index contributed by atoms with van der Waals surface area (Å²) in [7, 11) is -3.78. The second-order valence-electron chi connectivity index (χ2n) is 9.96. The Morgan fingerprint density at radius 2 is 2.05 bits per heavy atom. The molecule has 0 radical (unpaired) electrons. The predicted molar refractivity (Wildman–Crippen MR) is 150 cm³/mol. The molecule has 1 aromatic heterocycles. The van der Waals surface area contributed by atoms with Gasteiger partial charge >= 0.3 is 11.8 Å². The maximum Gasteiger partial charge on any atom is 0.316 e. The van der Waals surface area contributed by atoms with Crippen LogP contribution in [0, 0.1) is 5.82 Å². The molecule has 3 atom stereocenters. The lowest BCUT2D eigenvalue weighted by atomic mass is 9.95. The van der Waals surface area contributed by atoms with Gasteiger partial charge in [0.25, 0.3) is 5.92 Å². The molecule has 4 rings (SSSR count). The summed E-state index contributed by atoms with van der Waals surface area (Å²) in [6.45, 7) is 2.99. The van der Waals surface area contributed by atoms with E-state index in [9.17, 15) is 32.5 Å². The number of rotatable bonds is 9. The van der Waals surface area contributed by atoms with Crippen LogP contribution in [0.2, 0.25) is 5.02 Å². The van der Waals surface area contributed by atoms with Crippen molar-refractivity contribution in [3.05, 3.63) is 71.3 Å². The number of carbonyl (C=O) groups is 2. The van der Waals surface area contributed by atoms with Crippen LogP contribution in [0.1, 0.15) is 29.6 Å². The molecule has 1 aliphatic rings. The second kappa shape index (κ2) is 11.9. The molecule has 2 amide bonds. The number of anilines is 1. The molecule has 2 unspecified atom stereocenters. The maximum absolute atomic E-state index is 15.4. The van der Waals surface area contributed by atoms with E-state index in [1.165, 1.54) is 5.23 Å². The zero-order valence-corrected chi connectivity index (χ0v) is 24.1. The van der Waals surface area contributed by atoms with Gasteiger partial charge in [0, 0.05) is 11.4 Å². The average molecular weight is 640 g/mol. The third kappa shape index (κ3) is 6.36. The zero-order chi connectivity index (χ0) is 31.7. The molecule has 0 aliphatic carbocycles. The average Bonchev–Trinajstić information content (AvgIpc) is 3.43. The summed E-state index contributed by atoms with van der Waals surface area (Å²) in [5.74, 6) is -8.44. The van der Waals surface area contributed by atoms with Gasteiger partial charge in [-0.25, -0.2) is 18.0 Å². The van der Waals surface area contributed by atoms with Gasteiger partial charge in [0.15, 0.2) is 5.23 Å². The molecule has 11 nitrogen and oxygen atoms in total. The predicted octanol–water partition coefficient (Wildman–Crippen LogP) is 2.81. The van der Waals surface area contributed by atoms with Gasteiger partial charge in [-0.1, -0.05) is 35.0 Å². The lowest BCUT2D eigenvalue weighted by Crippen LogP contribution is -2.53. The number of hydrogen-bond donors (Lipinski definition) is 3. The van der Waals surface area contributed by atoms with E-state index in [2.05, 4.69) is 22.0 Å². The van der Waals surface area contributed by atoms with Crippen molar-refractivity contribution in [2.45, 2.75) is 42.4 Å². The maximum atomic E-state index is 15.4. The van der Waals surface area contributed by atoms with Crippen LogP contribution >= 0.6 is 11.6 Å². The van der Waals surface area contributed by atoms with Crippen molar-refractivity contribution in [2.75, 3.05) is 17.2 Å². The molecule has 2 heterocycles. The SMILES string of the molecule is C=CCC(F)(F)C(C)(O)CNC(=O)c1nc(-c2cc3c(cc2F)S(=O)(=C=O)C[C@H](N)C(=O)N3Cc2ccc(Cl)cc2)no1.